The van der Waals surface area contributed by atoms with E-state index in [4.69, 9.17) is 23.2 Å². The Morgan fingerprint density at radius 3 is 2.58 bits per heavy atom. The lowest BCUT2D eigenvalue weighted by Crippen LogP contribution is -2.48. The van der Waals surface area contributed by atoms with Crippen LogP contribution in [-0.4, -0.2) is 75.5 Å². The maximum absolute atomic E-state index is 12.8. The lowest BCUT2D eigenvalue weighted by Gasteiger charge is -2.30. The topological polar surface area (TPSA) is 111 Å². The smallest absolute Gasteiger partial charge is 0.317 e. The molecule has 1 aliphatic heterocycles. The number of sulfonamides is 1. The van der Waals surface area contributed by atoms with E-state index in [2.05, 4.69) is 20.3 Å². The molecule has 3 N–H and O–H groups in total. The van der Waals surface area contributed by atoms with Crippen LogP contribution in [0.4, 0.5) is 10.5 Å². The molecule has 1 saturated heterocycles. The molecule has 0 saturated carbocycles. The SMILES string of the molecule is CCNC(=O)N(CCCCNS(=O)(=O)c1ccc(Cl)cc1Cl)CC1CCCN1CC(=O)Nc1ccccc1. The van der Waals surface area contributed by atoms with E-state index >= 15 is 0 Å². The van der Waals surface area contributed by atoms with Gasteiger partial charge in [-0.1, -0.05) is 41.4 Å². The highest BCUT2D eigenvalue weighted by molar-refractivity contribution is 7.89. The minimum Gasteiger partial charge on any atom is -0.338 e. The number of amides is 3. The fourth-order valence-electron chi connectivity index (χ4n) is 4.41. The summed E-state index contributed by atoms with van der Waals surface area (Å²) in [5.41, 5.74) is 0.756. The van der Waals surface area contributed by atoms with E-state index in [1.807, 2.05) is 37.3 Å². The maximum atomic E-state index is 12.8. The van der Waals surface area contributed by atoms with Crippen LogP contribution in [0.3, 0.4) is 0 Å². The van der Waals surface area contributed by atoms with E-state index in [-0.39, 0.29) is 41.0 Å². The Hall–Kier alpha value is -2.37. The zero-order valence-corrected chi connectivity index (χ0v) is 23.8. The second-order valence-corrected chi connectivity index (χ2v) is 11.7. The highest BCUT2D eigenvalue weighted by Gasteiger charge is 2.29. The van der Waals surface area contributed by atoms with Gasteiger partial charge in [0.1, 0.15) is 4.90 Å². The molecular formula is C26H35Cl2N5O4S. The quantitative estimate of drug-likeness (QED) is 0.306. The van der Waals surface area contributed by atoms with Crippen molar-refractivity contribution < 1.29 is 18.0 Å². The summed E-state index contributed by atoms with van der Waals surface area (Å²) >= 11 is 11.9. The Kier molecular flexibility index (Phi) is 11.7. The maximum Gasteiger partial charge on any atom is 0.317 e. The standard InChI is InChI=1S/C26H35Cl2N5O4S/c1-2-29-26(35)33(15-7-6-14-30-38(36,37)24-13-12-20(27)17-23(24)28)18-22-11-8-16-32(22)19-25(34)31-21-9-4-3-5-10-21/h3-5,9-10,12-13,17,22,30H,2,6-8,11,14-16,18-19H2,1H3,(H,29,35)(H,31,34). The Morgan fingerprint density at radius 2 is 1.87 bits per heavy atom. The van der Waals surface area contributed by atoms with Crippen LogP contribution < -0.4 is 15.4 Å². The van der Waals surface area contributed by atoms with Crippen LogP contribution in [0.25, 0.3) is 0 Å². The number of unbranched alkanes of at least 4 members (excludes halogenated alkanes) is 1. The molecule has 3 amide bonds. The number of urea groups is 1. The van der Waals surface area contributed by atoms with Gasteiger partial charge in [0.25, 0.3) is 0 Å². The summed E-state index contributed by atoms with van der Waals surface area (Å²) in [6.07, 6.45) is 3.00. The van der Waals surface area contributed by atoms with E-state index in [9.17, 15) is 18.0 Å². The van der Waals surface area contributed by atoms with Crippen molar-refractivity contribution in [2.75, 3.05) is 44.6 Å². The van der Waals surface area contributed by atoms with E-state index in [0.29, 0.717) is 37.5 Å². The number of hydrogen-bond acceptors (Lipinski definition) is 5. The van der Waals surface area contributed by atoms with E-state index < -0.39 is 10.0 Å². The minimum atomic E-state index is -3.77. The van der Waals surface area contributed by atoms with E-state index in [1.165, 1.54) is 18.2 Å². The van der Waals surface area contributed by atoms with Crippen LogP contribution in [-0.2, 0) is 14.8 Å². The Bertz CT molecular complexity index is 1180. The number of nitrogens with one attached hydrogen (secondary N) is 3. The first-order chi connectivity index (χ1) is 18.2. The Morgan fingerprint density at radius 1 is 1.11 bits per heavy atom. The van der Waals surface area contributed by atoms with Gasteiger partial charge in [-0.2, -0.15) is 0 Å². The predicted molar refractivity (Wildman–Crippen MR) is 151 cm³/mol. The van der Waals surface area contributed by atoms with Crippen LogP contribution in [0.2, 0.25) is 10.0 Å². The van der Waals surface area contributed by atoms with Gasteiger partial charge in [-0.3, -0.25) is 9.69 Å². The molecule has 38 heavy (non-hydrogen) atoms. The monoisotopic (exact) mass is 583 g/mol. The third-order valence-electron chi connectivity index (χ3n) is 6.28. The van der Waals surface area contributed by atoms with Crippen molar-refractivity contribution >= 4 is 50.9 Å². The number of likely N-dealkylation sites (tertiary alicyclic amines) is 1. The van der Waals surface area contributed by atoms with Crippen LogP contribution in [0, 0.1) is 0 Å². The molecule has 2 aromatic carbocycles. The largest absolute Gasteiger partial charge is 0.338 e. The van der Waals surface area contributed by atoms with Crippen LogP contribution in [0.1, 0.15) is 32.6 Å². The normalized spacial score (nSPS) is 15.8. The van der Waals surface area contributed by atoms with Crippen LogP contribution in [0.15, 0.2) is 53.4 Å². The number of para-hydroxylation sites is 1. The second kappa shape index (κ2) is 14.7. The molecule has 3 rings (SSSR count). The van der Waals surface area contributed by atoms with Gasteiger partial charge < -0.3 is 15.5 Å². The highest BCUT2D eigenvalue weighted by Crippen LogP contribution is 2.25. The summed E-state index contributed by atoms with van der Waals surface area (Å²) in [6.45, 7) is 4.60. The van der Waals surface area contributed by atoms with Gasteiger partial charge >= 0.3 is 6.03 Å². The highest BCUT2D eigenvalue weighted by atomic mass is 35.5. The average Bonchev–Trinajstić information content (AvgIpc) is 3.29. The van der Waals surface area contributed by atoms with Crippen molar-refractivity contribution in [3.63, 3.8) is 0 Å². The molecule has 0 spiro atoms. The summed E-state index contributed by atoms with van der Waals surface area (Å²) < 4.78 is 27.7. The molecule has 12 heteroatoms. The van der Waals surface area contributed by atoms with Crippen molar-refractivity contribution in [3.05, 3.63) is 58.6 Å². The third kappa shape index (κ3) is 9.13. The van der Waals surface area contributed by atoms with Crippen molar-refractivity contribution in [1.29, 1.82) is 0 Å². The zero-order chi connectivity index (χ0) is 27.5. The van der Waals surface area contributed by atoms with Crippen LogP contribution in [0.5, 0.6) is 0 Å². The summed E-state index contributed by atoms with van der Waals surface area (Å²) in [6, 6.07) is 13.5. The number of nitrogens with zero attached hydrogens (tertiary/aromatic N) is 2. The molecule has 0 bridgehead atoms. The summed E-state index contributed by atoms with van der Waals surface area (Å²) in [7, 11) is -3.77. The molecule has 1 aliphatic rings. The summed E-state index contributed by atoms with van der Waals surface area (Å²) in [5, 5.41) is 6.20. The van der Waals surface area contributed by atoms with Gasteiger partial charge in [0.15, 0.2) is 0 Å². The third-order valence-corrected chi connectivity index (χ3v) is 8.46. The molecular weight excluding hydrogens is 549 g/mol. The lowest BCUT2D eigenvalue weighted by atomic mass is 10.2. The molecule has 1 atom stereocenters. The Balaban J connectivity index is 1.50. The van der Waals surface area contributed by atoms with E-state index in [1.54, 1.807) is 4.90 Å². The number of carbonyl (C=O) groups excluding carboxylic acids is 2. The number of anilines is 1. The number of hydrogen-bond donors (Lipinski definition) is 3. The van der Waals surface area contributed by atoms with Gasteiger partial charge in [0, 0.05) is 42.9 Å². The first kappa shape index (κ1) is 30.2. The van der Waals surface area contributed by atoms with E-state index in [0.717, 1.165) is 25.1 Å². The first-order valence-corrected chi connectivity index (χ1v) is 15.0. The molecule has 0 aliphatic carbocycles. The van der Waals surface area contributed by atoms with Gasteiger partial charge in [-0.15, -0.1) is 0 Å². The van der Waals surface area contributed by atoms with Crippen molar-refractivity contribution in [3.8, 4) is 0 Å². The lowest BCUT2D eigenvalue weighted by molar-refractivity contribution is -0.117. The number of benzene rings is 2. The molecule has 2 aromatic rings. The van der Waals surface area contributed by atoms with Gasteiger partial charge in [0.05, 0.1) is 11.6 Å². The van der Waals surface area contributed by atoms with Gasteiger partial charge in [-0.05, 0) is 69.5 Å². The summed E-state index contributed by atoms with van der Waals surface area (Å²) in [5.74, 6) is -0.0827. The number of rotatable bonds is 13. The van der Waals surface area contributed by atoms with Crippen LogP contribution >= 0.6 is 23.2 Å². The predicted octanol–water partition coefficient (Wildman–Crippen LogP) is 4.19. The fraction of sp³-hybridized carbons (Fsp3) is 0.462. The second-order valence-electron chi connectivity index (χ2n) is 9.14. The molecule has 1 heterocycles. The molecule has 0 radical (unpaired) electrons. The zero-order valence-electron chi connectivity index (χ0n) is 21.5. The van der Waals surface area contributed by atoms with Crippen molar-refractivity contribution in [2.45, 2.75) is 43.5 Å². The minimum absolute atomic E-state index is 0.0230. The first-order valence-electron chi connectivity index (χ1n) is 12.8. The molecule has 9 nitrogen and oxygen atoms in total. The molecule has 208 valence electrons. The molecule has 0 aromatic heterocycles. The van der Waals surface area contributed by atoms with Gasteiger partial charge in [0.2, 0.25) is 15.9 Å². The van der Waals surface area contributed by atoms with Gasteiger partial charge in [-0.25, -0.2) is 17.9 Å². The average molecular weight is 585 g/mol. The van der Waals surface area contributed by atoms with Crippen molar-refractivity contribution in [2.24, 2.45) is 0 Å². The molecule has 1 fully saturated rings. The molecule has 1 unspecified atom stereocenters. The Labute approximate surface area is 234 Å². The fourth-order valence-corrected chi connectivity index (χ4v) is 6.26. The number of halogens is 2. The van der Waals surface area contributed by atoms with Crippen molar-refractivity contribution in [1.82, 2.24) is 19.8 Å². The summed E-state index contributed by atoms with van der Waals surface area (Å²) in [4.78, 5) is 29.2. The number of carbonyl (C=O) groups is 2.